The third-order valence-electron chi connectivity index (χ3n) is 4.81. The van der Waals surface area contributed by atoms with Gasteiger partial charge in [-0.2, -0.15) is 0 Å². The number of fused-ring (bicyclic) bond motifs is 1. The summed E-state index contributed by atoms with van der Waals surface area (Å²) in [4.78, 5) is 25.8. The molecular formula is C20H23FN6O. The number of carbonyl (C=O) groups excluding carboxylic acids is 1. The van der Waals surface area contributed by atoms with Crippen LogP contribution in [0.15, 0.2) is 42.9 Å². The van der Waals surface area contributed by atoms with Crippen molar-refractivity contribution in [1.82, 2.24) is 19.4 Å². The summed E-state index contributed by atoms with van der Waals surface area (Å²) in [7, 11) is 0. The van der Waals surface area contributed by atoms with E-state index in [1.165, 1.54) is 12.1 Å². The van der Waals surface area contributed by atoms with E-state index in [4.69, 9.17) is 0 Å². The first kappa shape index (κ1) is 18.2. The Morgan fingerprint density at radius 2 is 1.86 bits per heavy atom. The molecule has 0 radical (unpaired) electrons. The Hall–Kier alpha value is -3.16. The molecule has 3 aromatic rings. The molecule has 1 N–H and O–H groups in total. The van der Waals surface area contributed by atoms with Gasteiger partial charge in [0.2, 0.25) is 0 Å². The maximum absolute atomic E-state index is 13.4. The minimum Gasteiger partial charge on any atom is -0.365 e. The number of halogens is 1. The summed E-state index contributed by atoms with van der Waals surface area (Å²) in [5, 5.41) is 4.04. The van der Waals surface area contributed by atoms with E-state index in [0.717, 1.165) is 17.0 Å². The molecule has 2 aromatic heterocycles. The number of hydrogen-bond acceptors (Lipinski definition) is 5. The quantitative estimate of drug-likeness (QED) is 0.754. The molecule has 0 spiro atoms. The monoisotopic (exact) mass is 382 g/mol. The van der Waals surface area contributed by atoms with Crippen LogP contribution in [0.1, 0.15) is 13.8 Å². The average molecular weight is 382 g/mol. The second-order valence-electron chi connectivity index (χ2n) is 7.17. The van der Waals surface area contributed by atoms with Crippen molar-refractivity contribution in [2.24, 2.45) is 0 Å². The smallest absolute Gasteiger partial charge is 0.328 e. The van der Waals surface area contributed by atoms with Gasteiger partial charge in [0.05, 0.1) is 5.52 Å². The highest BCUT2D eigenvalue weighted by molar-refractivity contribution is 5.91. The van der Waals surface area contributed by atoms with Crippen molar-refractivity contribution in [2.75, 3.05) is 36.4 Å². The molecule has 0 aliphatic carbocycles. The summed E-state index contributed by atoms with van der Waals surface area (Å²) >= 11 is 0. The molecule has 1 aromatic carbocycles. The van der Waals surface area contributed by atoms with E-state index in [2.05, 4.69) is 34.0 Å². The second kappa shape index (κ2) is 7.46. The molecule has 4 rings (SSSR count). The molecule has 1 fully saturated rings. The highest BCUT2D eigenvalue weighted by Crippen LogP contribution is 2.23. The summed E-state index contributed by atoms with van der Waals surface area (Å²) in [5.74, 6) is 1.27. The number of piperazine rings is 1. The molecule has 146 valence electrons. The number of hydrogen-bond donors (Lipinski definition) is 1. The van der Waals surface area contributed by atoms with Crippen LogP contribution < -0.4 is 10.2 Å². The molecule has 0 atom stereocenters. The number of rotatable bonds is 3. The summed E-state index contributed by atoms with van der Waals surface area (Å²) in [5.41, 5.74) is 0.714. The van der Waals surface area contributed by atoms with Crippen LogP contribution in [0.3, 0.4) is 0 Å². The molecule has 1 aliphatic rings. The van der Waals surface area contributed by atoms with Crippen molar-refractivity contribution in [3.63, 3.8) is 0 Å². The van der Waals surface area contributed by atoms with E-state index in [1.54, 1.807) is 35.3 Å². The molecule has 0 bridgehead atoms. The minimum absolute atomic E-state index is 0.0964. The zero-order chi connectivity index (χ0) is 19.7. The van der Waals surface area contributed by atoms with Gasteiger partial charge in [0.15, 0.2) is 11.6 Å². The SMILES string of the molecule is CC(C)Nc1nccnc1N1CCN(C(=O)n2ccc3cc(F)ccc32)CC1. The maximum atomic E-state index is 13.4. The Kier molecular flexibility index (Phi) is 4.85. The van der Waals surface area contributed by atoms with Crippen LogP contribution in [0.2, 0.25) is 0 Å². The lowest BCUT2D eigenvalue weighted by molar-refractivity contribution is 0.197. The first-order valence-corrected chi connectivity index (χ1v) is 9.41. The molecule has 0 unspecified atom stereocenters. The van der Waals surface area contributed by atoms with E-state index in [1.807, 2.05) is 4.90 Å². The second-order valence-corrected chi connectivity index (χ2v) is 7.17. The Bertz CT molecular complexity index is 993. The van der Waals surface area contributed by atoms with Gasteiger partial charge in [-0.1, -0.05) is 0 Å². The third-order valence-corrected chi connectivity index (χ3v) is 4.81. The van der Waals surface area contributed by atoms with Gasteiger partial charge in [0, 0.05) is 56.2 Å². The normalized spacial score (nSPS) is 14.7. The van der Waals surface area contributed by atoms with E-state index >= 15 is 0 Å². The molecule has 7 nitrogen and oxygen atoms in total. The highest BCUT2D eigenvalue weighted by atomic mass is 19.1. The van der Waals surface area contributed by atoms with Crippen molar-refractivity contribution in [3.05, 3.63) is 48.7 Å². The lowest BCUT2D eigenvalue weighted by atomic mass is 10.2. The van der Waals surface area contributed by atoms with Crippen LogP contribution in [0.5, 0.6) is 0 Å². The zero-order valence-electron chi connectivity index (χ0n) is 16.0. The van der Waals surface area contributed by atoms with Gasteiger partial charge in [-0.05, 0) is 38.1 Å². The van der Waals surface area contributed by atoms with E-state index < -0.39 is 0 Å². The molecule has 8 heteroatoms. The predicted molar refractivity (Wildman–Crippen MR) is 107 cm³/mol. The molecular weight excluding hydrogens is 359 g/mol. The van der Waals surface area contributed by atoms with E-state index in [-0.39, 0.29) is 17.9 Å². The van der Waals surface area contributed by atoms with Gasteiger partial charge >= 0.3 is 6.03 Å². The van der Waals surface area contributed by atoms with Gasteiger partial charge < -0.3 is 15.1 Å². The number of aromatic nitrogens is 3. The van der Waals surface area contributed by atoms with Gasteiger partial charge in [-0.25, -0.2) is 19.2 Å². The van der Waals surface area contributed by atoms with Crippen molar-refractivity contribution >= 4 is 28.6 Å². The van der Waals surface area contributed by atoms with E-state index in [9.17, 15) is 9.18 Å². The van der Waals surface area contributed by atoms with Crippen LogP contribution in [0.4, 0.5) is 20.8 Å². The van der Waals surface area contributed by atoms with Crippen LogP contribution in [-0.2, 0) is 0 Å². The molecule has 1 saturated heterocycles. The van der Waals surface area contributed by atoms with Crippen LogP contribution in [-0.4, -0.2) is 57.7 Å². The topological polar surface area (TPSA) is 66.3 Å². The van der Waals surface area contributed by atoms with Crippen molar-refractivity contribution in [3.8, 4) is 0 Å². The third kappa shape index (κ3) is 3.49. The average Bonchev–Trinajstić information content (AvgIpc) is 3.10. The summed E-state index contributed by atoms with van der Waals surface area (Å²) < 4.78 is 15.0. The summed E-state index contributed by atoms with van der Waals surface area (Å²) in [6.45, 7) is 6.62. The molecule has 28 heavy (non-hydrogen) atoms. The predicted octanol–water partition coefficient (Wildman–Crippen LogP) is 3.18. The summed E-state index contributed by atoms with van der Waals surface area (Å²) in [6, 6.07) is 6.37. The van der Waals surface area contributed by atoms with Gasteiger partial charge in [0.1, 0.15) is 5.82 Å². The fourth-order valence-electron chi connectivity index (χ4n) is 3.48. The van der Waals surface area contributed by atoms with Crippen LogP contribution in [0.25, 0.3) is 10.9 Å². The summed E-state index contributed by atoms with van der Waals surface area (Å²) in [6.07, 6.45) is 5.06. The number of nitrogens with zero attached hydrogens (tertiary/aromatic N) is 5. The van der Waals surface area contributed by atoms with Gasteiger partial charge in [0.25, 0.3) is 0 Å². The first-order chi connectivity index (χ1) is 13.5. The Labute approximate surface area is 162 Å². The fraction of sp³-hybridized carbons (Fsp3) is 0.350. The molecule has 3 heterocycles. The largest absolute Gasteiger partial charge is 0.365 e. The number of benzene rings is 1. The van der Waals surface area contributed by atoms with Crippen molar-refractivity contribution in [1.29, 1.82) is 0 Å². The Morgan fingerprint density at radius 3 is 2.61 bits per heavy atom. The number of amides is 1. The van der Waals surface area contributed by atoms with Crippen LogP contribution >= 0.6 is 0 Å². The zero-order valence-corrected chi connectivity index (χ0v) is 16.0. The minimum atomic E-state index is -0.305. The highest BCUT2D eigenvalue weighted by Gasteiger charge is 2.25. The van der Waals surface area contributed by atoms with Crippen molar-refractivity contribution < 1.29 is 9.18 Å². The van der Waals surface area contributed by atoms with Gasteiger partial charge in [-0.15, -0.1) is 0 Å². The lowest BCUT2D eigenvalue weighted by Gasteiger charge is -2.36. The first-order valence-electron chi connectivity index (χ1n) is 9.41. The van der Waals surface area contributed by atoms with Gasteiger partial charge in [-0.3, -0.25) is 4.57 Å². The number of carbonyl (C=O) groups is 1. The Morgan fingerprint density at radius 1 is 1.11 bits per heavy atom. The number of anilines is 2. The van der Waals surface area contributed by atoms with Crippen molar-refractivity contribution in [2.45, 2.75) is 19.9 Å². The van der Waals surface area contributed by atoms with Crippen LogP contribution in [0, 0.1) is 5.82 Å². The lowest BCUT2D eigenvalue weighted by Crippen LogP contribution is -2.50. The fourth-order valence-corrected chi connectivity index (χ4v) is 3.48. The Balaban J connectivity index is 1.48. The molecule has 1 amide bonds. The standard InChI is InChI=1S/C20H23FN6O/c1-14(2)24-18-19(23-7-6-22-18)25-9-11-26(12-10-25)20(28)27-8-5-15-13-16(21)3-4-17(15)27/h3-8,13-14H,9-12H2,1-2H3,(H,22,24). The number of nitrogens with one attached hydrogen (secondary N) is 1. The molecule has 1 aliphatic heterocycles. The maximum Gasteiger partial charge on any atom is 0.328 e. The molecule has 0 saturated carbocycles. The van der Waals surface area contributed by atoms with E-state index in [0.29, 0.717) is 31.7 Å².